The lowest BCUT2D eigenvalue weighted by molar-refractivity contribution is -0.122. The van der Waals surface area contributed by atoms with Crippen LogP contribution in [0.25, 0.3) is 6.08 Å². The van der Waals surface area contributed by atoms with Gasteiger partial charge in [0.15, 0.2) is 0 Å². The summed E-state index contributed by atoms with van der Waals surface area (Å²) in [6.45, 7) is 6.56. The number of carbonyl (C=O) groups excluding carboxylic acids is 3. The van der Waals surface area contributed by atoms with Crippen LogP contribution in [0.5, 0.6) is 5.75 Å². The molecular weight excluding hydrogens is 508 g/mol. The number of nitrogens with one attached hydrogen (secondary N) is 1. The Morgan fingerprint density at radius 3 is 2.29 bits per heavy atom. The van der Waals surface area contributed by atoms with Gasteiger partial charge in [-0.2, -0.15) is 0 Å². The van der Waals surface area contributed by atoms with E-state index in [1.54, 1.807) is 30.3 Å². The van der Waals surface area contributed by atoms with E-state index < -0.39 is 17.8 Å². The molecule has 4 rings (SSSR count). The fourth-order valence-corrected chi connectivity index (χ4v) is 4.23. The van der Waals surface area contributed by atoms with Crippen molar-refractivity contribution in [3.05, 3.63) is 98.5 Å². The molecule has 3 aromatic rings. The minimum Gasteiger partial charge on any atom is -0.488 e. The molecule has 1 aliphatic heterocycles. The highest BCUT2D eigenvalue weighted by molar-refractivity contribution is 9.10. The van der Waals surface area contributed by atoms with Gasteiger partial charge in [-0.15, -0.1) is 0 Å². The molecule has 1 fully saturated rings. The summed E-state index contributed by atoms with van der Waals surface area (Å²) in [4.78, 5) is 39.0. The Morgan fingerprint density at radius 1 is 0.914 bits per heavy atom. The summed E-state index contributed by atoms with van der Waals surface area (Å²) < 4.78 is 6.63. The fraction of sp³-hybridized carbons (Fsp3) is 0.179. The first-order chi connectivity index (χ1) is 16.8. The highest BCUT2D eigenvalue weighted by Crippen LogP contribution is 2.29. The van der Waals surface area contributed by atoms with Crippen LogP contribution in [0.1, 0.15) is 34.7 Å². The number of benzene rings is 3. The molecule has 4 amide bonds. The third-order valence-corrected chi connectivity index (χ3v) is 6.56. The van der Waals surface area contributed by atoms with Crippen LogP contribution >= 0.6 is 15.9 Å². The third kappa shape index (κ3) is 5.35. The van der Waals surface area contributed by atoms with E-state index in [-0.39, 0.29) is 5.57 Å². The van der Waals surface area contributed by atoms with Crippen molar-refractivity contribution in [2.24, 2.45) is 0 Å². The number of amides is 4. The highest BCUT2D eigenvalue weighted by atomic mass is 79.9. The first-order valence-corrected chi connectivity index (χ1v) is 12.0. The van der Waals surface area contributed by atoms with Crippen molar-refractivity contribution in [1.29, 1.82) is 0 Å². The lowest BCUT2D eigenvalue weighted by atomic mass is 10.1. The molecule has 1 saturated heterocycles. The van der Waals surface area contributed by atoms with Crippen LogP contribution in [-0.4, -0.2) is 17.8 Å². The molecule has 35 heavy (non-hydrogen) atoms. The molecule has 7 heteroatoms. The van der Waals surface area contributed by atoms with Crippen LogP contribution in [0.2, 0.25) is 0 Å². The number of aryl methyl sites for hydroxylation is 3. The monoisotopic (exact) mass is 532 g/mol. The van der Waals surface area contributed by atoms with Gasteiger partial charge in [0.05, 0.1) is 10.2 Å². The predicted octanol–water partition coefficient (Wildman–Crippen LogP) is 5.87. The van der Waals surface area contributed by atoms with E-state index in [2.05, 4.69) is 47.2 Å². The summed E-state index contributed by atoms with van der Waals surface area (Å²) in [6.07, 6.45) is 2.30. The van der Waals surface area contributed by atoms with Gasteiger partial charge in [0.1, 0.15) is 17.9 Å². The maximum absolute atomic E-state index is 13.1. The second-order valence-electron chi connectivity index (χ2n) is 8.37. The zero-order chi connectivity index (χ0) is 25.1. The maximum atomic E-state index is 13.1. The quantitative estimate of drug-likeness (QED) is 0.318. The van der Waals surface area contributed by atoms with Gasteiger partial charge < -0.3 is 4.74 Å². The maximum Gasteiger partial charge on any atom is 0.335 e. The standard InChI is InChI=1S/C28H25BrN2O4/c1-4-19-7-10-22(11-8-19)31-27(33)23(26(32)30-28(31)34)14-20-9-12-25(24(29)15-20)35-16-21-6-5-17(2)18(3)13-21/h5-15H,4,16H2,1-3H3,(H,30,32,34)/b23-14+. The number of hydrogen-bond donors (Lipinski definition) is 1. The molecule has 1 N–H and O–H groups in total. The van der Waals surface area contributed by atoms with Crippen molar-refractivity contribution in [2.75, 3.05) is 4.90 Å². The summed E-state index contributed by atoms with van der Waals surface area (Å²) in [5, 5.41) is 2.25. The molecule has 0 aliphatic carbocycles. The Morgan fingerprint density at radius 2 is 1.63 bits per heavy atom. The second-order valence-corrected chi connectivity index (χ2v) is 9.23. The van der Waals surface area contributed by atoms with Crippen molar-refractivity contribution < 1.29 is 19.1 Å². The van der Waals surface area contributed by atoms with Crippen molar-refractivity contribution in [3.8, 4) is 5.75 Å². The van der Waals surface area contributed by atoms with Gasteiger partial charge in [0.25, 0.3) is 11.8 Å². The molecule has 0 saturated carbocycles. The Hall–Kier alpha value is -3.71. The molecule has 0 aromatic heterocycles. The molecule has 1 heterocycles. The Labute approximate surface area is 212 Å². The summed E-state index contributed by atoms with van der Waals surface area (Å²) in [5.74, 6) is -0.764. The van der Waals surface area contributed by atoms with E-state index >= 15 is 0 Å². The van der Waals surface area contributed by atoms with Gasteiger partial charge >= 0.3 is 6.03 Å². The molecule has 0 spiro atoms. The summed E-state index contributed by atoms with van der Waals surface area (Å²) in [6, 6.07) is 17.8. The number of ether oxygens (including phenoxy) is 1. The van der Waals surface area contributed by atoms with Gasteiger partial charge in [-0.05, 0) is 94.4 Å². The van der Waals surface area contributed by atoms with Crippen LogP contribution in [0.4, 0.5) is 10.5 Å². The first kappa shape index (κ1) is 24.4. The van der Waals surface area contributed by atoms with Crippen LogP contribution in [0, 0.1) is 13.8 Å². The van der Waals surface area contributed by atoms with Crippen LogP contribution in [0.15, 0.2) is 70.7 Å². The van der Waals surface area contributed by atoms with Crippen LogP contribution in [0.3, 0.4) is 0 Å². The van der Waals surface area contributed by atoms with Crippen molar-refractivity contribution in [2.45, 2.75) is 33.8 Å². The largest absolute Gasteiger partial charge is 0.488 e. The van der Waals surface area contributed by atoms with Gasteiger partial charge in [0.2, 0.25) is 0 Å². The molecule has 1 aliphatic rings. The predicted molar refractivity (Wildman–Crippen MR) is 139 cm³/mol. The number of rotatable bonds is 6. The molecule has 178 valence electrons. The van der Waals surface area contributed by atoms with E-state index in [0.717, 1.165) is 22.4 Å². The smallest absolute Gasteiger partial charge is 0.335 e. The SMILES string of the molecule is CCc1ccc(N2C(=O)NC(=O)/C(=C\c3ccc(OCc4ccc(C)c(C)c4)c(Br)c3)C2=O)cc1. The molecule has 0 unspecified atom stereocenters. The van der Waals surface area contributed by atoms with Crippen LogP contribution in [-0.2, 0) is 22.6 Å². The summed E-state index contributed by atoms with van der Waals surface area (Å²) in [5.41, 5.74) is 5.47. The van der Waals surface area contributed by atoms with Crippen LogP contribution < -0.4 is 15.0 Å². The Bertz CT molecular complexity index is 1350. The van der Waals surface area contributed by atoms with Crippen molar-refractivity contribution in [1.82, 2.24) is 5.32 Å². The number of carbonyl (C=O) groups is 3. The van der Waals surface area contributed by atoms with Gasteiger partial charge in [0, 0.05) is 0 Å². The number of halogens is 1. The molecule has 6 nitrogen and oxygen atoms in total. The first-order valence-electron chi connectivity index (χ1n) is 11.3. The summed E-state index contributed by atoms with van der Waals surface area (Å²) in [7, 11) is 0. The van der Waals surface area contributed by atoms with E-state index in [9.17, 15) is 14.4 Å². The highest BCUT2D eigenvalue weighted by Gasteiger charge is 2.36. The number of hydrogen-bond acceptors (Lipinski definition) is 4. The molecular formula is C28H25BrN2O4. The molecule has 3 aromatic carbocycles. The van der Waals surface area contributed by atoms with E-state index in [1.165, 1.54) is 17.2 Å². The summed E-state index contributed by atoms with van der Waals surface area (Å²) >= 11 is 3.51. The fourth-order valence-electron chi connectivity index (χ4n) is 3.72. The van der Waals surface area contributed by atoms with E-state index in [0.29, 0.717) is 28.1 Å². The minimum atomic E-state index is -0.766. The zero-order valence-electron chi connectivity index (χ0n) is 19.7. The van der Waals surface area contributed by atoms with E-state index in [1.807, 2.05) is 25.1 Å². The number of anilines is 1. The van der Waals surface area contributed by atoms with Gasteiger partial charge in [-0.1, -0.05) is 43.3 Å². The third-order valence-electron chi connectivity index (χ3n) is 5.94. The lowest BCUT2D eigenvalue weighted by Gasteiger charge is -2.26. The minimum absolute atomic E-state index is 0.125. The number of nitrogens with zero attached hydrogens (tertiary/aromatic N) is 1. The number of imide groups is 2. The Balaban J connectivity index is 1.54. The van der Waals surface area contributed by atoms with Crippen molar-refractivity contribution >= 4 is 45.5 Å². The van der Waals surface area contributed by atoms with Gasteiger partial charge in [-0.25, -0.2) is 9.69 Å². The lowest BCUT2D eigenvalue weighted by Crippen LogP contribution is -2.54. The average Bonchev–Trinajstić information content (AvgIpc) is 2.83. The second kappa shape index (κ2) is 10.3. The number of barbiturate groups is 1. The van der Waals surface area contributed by atoms with Gasteiger partial charge in [-0.3, -0.25) is 14.9 Å². The zero-order valence-corrected chi connectivity index (χ0v) is 21.3. The Kier molecular flexibility index (Phi) is 7.17. The van der Waals surface area contributed by atoms with E-state index in [4.69, 9.17) is 4.74 Å². The number of urea groups is 1. The molecule has 0 radical (unpaired) electrons. The normalized spacial score (nSPS) is 14.9. The molecule has 0 bridgehead atoms. The topological polar surface area (TPSA) is 75.7 Å². The molecule has 0 atom stereocenters. The van der Waals surface area contributed by atoms with Crippen molar-refractivity contribution in [3.63, 3.8) is 0 Å². The average molecular weight is 533 g/mol.